The lowest BCUT2D eigenvalue weighted by atomic mass is 9.93. The molecule has 4 heteroatoms. The molecule has 0 radical (unpaired) electrons. The summed E-state index contributed by atoms with van der Waals surface area (Å²) in [5.41, 5.74) is 0. The van der Waals surface area contributed by atoms with Crippen LogP contribution in [0, 0.1) is 11.8 Å². The topological polar surface area (TPSA) is 20.3 Å². The summed E-state index contributed by atoms with van der Waals surface area (Å²) in [5, 5.41) is 0. The van der Waals surface area contributed by atoms with Crippen molar-refractivity contribution in [3.63, 3.8) is 0 Å². The molecule has 0 spiro atoms. The predicted molar refractivity (Wildman–Crippen MR) is 57.2 cm³/mol. The third kappa shape index (κ3) is 2.11. The molecule has 2 rings (SSSR count). The number of carbonyl (C=O) groups is 1. The van der Waals surface area contributed by atoms with Crippen LogP contribution in [0.15, 0.2) is 12.2 Å². The summed E-state index contributed by atoms with van der Waals surface area (Å²) in [6.07, 6.45) is 5.71. The zero-order valence-corrected chi connectivity index (χ0v) is 9.46. The summed E-state index contributed by atoms with van der Waals surface area (Å²) in [7, 11) is 0. The number of hydrogen-bond acceptors (Lipinski definition) is 1. The maximum atomic E-state index is 13.5. The number of nitrogens with zero attached hydrogens (tertiary/aromatic N) is 1. The van der Waals surface area contributed by atoms with Crippen molar-refractivity contribution >= 4 is 5.91 Å². The molecule has 0 aromatic rings. The van der Waals surface area contributed by atoms with E-state index in [4.69, 9.17) is 0 Å². The Kier molecular flexibility index (Phi) is 3.00. The maximum absolute atomic E-state index is 13.5. The molecule has 1 amide bonds. The van der Waals surface area contributed by atoms with E-state index in [0.717, 1.165) is 0 Å². The summed E-state index contributed by atoms with van der Waals surface area (Å²) in [4.78, 5) is 13.3. The number of rotatable bonds is 1. The van der Waals surface area contributed by atoms with Crippen molar-refractivity contribution in [2.75, 3.05) is 13.1 Å². The smallest absolute Gasteiger partial charge is 0.267 e. The number of piperidine rings is 1. The van der Waals surface area contributed by atoms with Gasteiger partial charge in [-0.15, -0.1) is 0 Å². The van der Waals surface area contributed by atoms with E-state index in [9.17, 15) is 13.6 Å². The van der Waals surface area contributed by atoms with E-state index in [2.05, 4.69) is 0 Å². The average molecular weight is 229 g/mol. The Balaban J connectivity index is 1.98. The van der Waals surface area contributed by atoms with Crippen molar-refractivity contribution in [3.8, 4) is 0 Å². The molecule has 2 nitrogen and oxygen atoms in total. The summed E-state index contributed by atoms with van der Waals surface area (Å²) in [6.45, 7) is 1.63. The Morgan fingerprint density at radius 2 is 2.00 bits per heavy atom. The average Bonchev–Trinajstić information content (AvgIpc) is 2.74. The summed E-state index contributed by atoms with van der Waals surface area (Å²) in [6, 6.07) is 0. The summed E-state index contributed by atoms with van der Waals surface area (Å²) >= 11 is 0. The third-order valence-electron chi connectivity index (χ3n) is 3.62. The van der Waals surface area contributed by atoms with E-state index in [1.807, 2.05) is 12.2 Å². The molecule has 0 bridgehead atoms. The highest BCUT2D eigenvalue weighted by Crippen LogP contribution is 2.33. The molecular weight excluding hydrogens is 212 g/mol. The standard InChI is InChI=1S/C12H17F2NO/c1-9-6-7-15(8-12(9,13)14)11(16)10-4-2-3-5-10/h2-3,9-10H,4-8H2,1H3/t9-/m1/s1. The van der Waals surface area contributed by atoms with Gasteiger partial charge in [0.05, 0.1) is 6.54 Å². The Hall–Kier alpha value is -0.930. The number of amides is 1. The number of alkyl halides is 2. The molecule has 2 aliphatic rings. The van der Waals surface area contributed by atoms with Gasteiger partial charge in [0.2, 0.25) is 5.91 Å². The van der Waals surface area contributed by atoms with Gasteiger partial charge in [-0.05, 0) is 19.3 Å². The van der Waals surface area contributed by atoms with Gasteiger partial charge in [0.1, 0.15) is 0 Å². The highest BCUT2D eigenvalue weighted by atomic mass is 19.3. The minimum Gasteiger partial charge on any atom is -0.336 e. The Bertz CT molecular complexity index is 306. The van der Waals surface area contributed by atoms with E-state index in [1.54, 1.807) is 6.92 Å². The fourth-order valence-electron chi connectivity index (χ4n) is 2.32. The minimum absolute atomic E-state index is 0.0933. The van der Waals surface area contributed by atoms with Crippen LogP contribution in [0.3, 0.4) is 0 Å². The Morgan fingerprint density at radius 3 is 2.56 bits per heavy atom. The zero-order chi connectivity index (χ0) is 11.8. The quantitative estimate of drug-likeness (QED) is 0.632. The fraction of sp³-hybridized carbons (Fsp3) is 0.750. The summed E-state index contributed by atoms with van der Waals surface area (Å²) in [5.74, 6) is -3.53. The van der Waals surface area contributed by atoms with Crippen LogP contribution < -0.4 is 0 Å². The summed E-state index contributed by atoms with van der Waals surface area (Å²) < 4.78 is 27.0. The molecule has 1 aliphatic carbocycles. The van der Waals surface area contributed by atoms with Crippen LogP contribution in [-0.4, -0.2) is 29.8 Å². The van der Waals surface area contributed by atoms with Gasteiger partial charge in [0.25, 0.3) is 5.92 Å². The molecule has 0 N–H and O–H groups in total. The first-order valence-electron chi connectivity index (χ1n) is 5.82. The second kappa shape index (κ2) is 4.15. The Labute approximate surface area is 94.3 Å². The number of halogens is 2. The van der Waals surface area contributed by atoms with Crippen LogP contribution in [0.5, 0.6) is 0 Å². The molecule has 1 heterocycles. The van der Waals surface area contributed by atoms with Crippen molar-refractivity contribution in [1.29, 1.82) is 0 Å². The van der Waals surface area contributed by atoms with Gasteiger partial charge in [-0.2, -0.15) is 0 Å². The highest BCUT2D eigenvalue weighted by molar-refractivity contribution is 5.79. The molecule has 0 aromatic heterocycles. The van der Waals surface area contributed by atoms with Gasteiger partial charge in [0, 0.05) is 18.4 Å². The molecule has 0 unspecified atom stereocenters. The van der Waals surface area contributed by atoms with Crippen molar-refractivity contribution in [2.45, 2.75) is 32.1 Å². The lowest BCUT2D eigenvalue weighted by molar-refractivity contribution is -0.152. The van der Waals surface area contributed by atoms with Crippen LogP contribution in [-0.2, 0) is 4.79 Å². The van der Waals surface area contributed by atoms with Crippen LogP contribution in [0.1, 0.15) is 26.2 Å². The molecule has 16 heavy (non-hydrogen) atoms. The molecule has 1 atom stereocenters. The lowest BCUT2D eigenvalue weighted by Gasteiger charge is -2.37. The van der Waals surface area contributed by atoms with E-state index in [1.165, 1.54) is 4.90 Å². The van der Waals surface area contributed by atoms with Crippen molar-refractivity contribution in [3.05, 3.63) is 12.2 Å². The number of carbonyl (C=O) groups excluding carboxylic acids is 1. The monoisotopic (exact) mass is 229 g/mol. The zero-order valence-electron chi connectivity index (χ0n) is 9.46. The molecule has 1 fully saturated rings. The first-order chi connectivity index (χ1) is 7.50. The highest BCUT2D eigenvalue weighted by Gasteiger charge is 2.44. The van der Waals surface area contributed by atoms with E-state index in [-0.39, 0.29) is 11.8 Å². The first kappa shape index (κ1) is 11.6. The maximum Gasteiger partial charge on any atom is 0.267 e. The van der Waals surface area contributed by atoms with Gasteiger partial charge in [0.15, 0.2) is 0 Å². The number of likely N-dealkylation sites (tertiary alicyclic amines) is 1. The van der Waals surface area contributed by atoms with E-state index >= 15 is 0 Å². The van der Waals surface area contributed by atoms with Crippen LogP contribution in [0.25, 0.3) is 0 Å². The van der Waals surface area contributed by atoms with E-state index in [0.29, 0.717) is 25.8 Å². The van der Waals surface area contributed by atoms with Gasteiger partial charge >= 0.3 is 0 Å². The van der Waals surface area contributed by atoms with Crippen molar-refractivity contribution in [2.24, 2.45) is 11.8 Å². The molecule has 90 valence electrons. The van der Waals surface area contributed by atoms with Gasteiger partial charge in [-0.3, -0.25) is 4.79 Å². The van der Waals surface area contributed by atoms with Gasteiger partial charge in [-0.1, -0.05) is 19.1 Å². The first-order valence-corrected chi connectivity index (χ1v) is 5.82. The number of hydrogen-bond donors (Lipinski definition) is 0. The Morgan fingerprint density at radius 1 is 1.38 bits per heavy atom. The number of allylic oxidation sites excluding steroid dienone is 2. The van der Waals surface area contributed by atoms with Crippen LogP contribution in [0.4, 0.5) is 8.78 Å². The second-order valence-electron chi connectivity index (χ2n) is 4.85. The molecule has 1 aliphatic heterocycles. The van der Waals surface area contributed by atoms with Crippen molar-refractivity contribution in [1.82, 2.24) is 4.90 Å². The van der Waals surface area contributed by atoms with Crippen molar-refractivity contribution < 1.29 is 13.6 Å². The third-order valence-corrected chi connectivity index (χ3v) is 3.62. The van der Waals surface area contributed by atoms with E-state index < -0.39 is 18.4 Å². The predicted octanol–water partition coefficient (Wildman–Crippen LogP) is 2.46. The van der Waals surface area contributed by atoms with Gasteiger partial charge in [-0.25, -0.2) is 8.78 Å². The second-order valence-corrected chi connectivity index (χ2v) is 4.85. The molecule has 1 saturated heterocycles. The minimum atomic E-state index is -2.72. The largest absolute Gasteiger partial charge is 0.336 e. The molecule has 0 aromatic carbocycles. The van der Waals surface area contributed by atoms with Gasteiger partial charge < -0.3 is 4.90 Å². The molecular formula is C12H17F2NO. The van der Waals surface area contributed by atoms with Crippen LogP contribution in [0.2, 0.25) is 0 Å². The fourth-order valence-corrected chi connectivity index (χ4v) is 2.32. The molecule has 0 saturated carbocycles. The lowest BCUT2D eigenvalue weighted by Crippen LogP contribution is -2.51. The van der Waals surface area contributed by atoms with Crippen LogP contribution >= 0.6 is 0 Å². The normalized spacial score (nSPS) is 29.7. The SMILES string of the molecule is C[C@@H]1CCN(C(=O)C2CC=CC2)CC1(F)F.